The molecule has 8 unspecified atom stereocenters. The van der Waals surface area contributed by atoms with Crippen LogP contribution in [0.3, 0.4) is 0 Å². The quantitative estimate of drug-likeness (QED) is 0.0126. The lowest BCUT2D eigenvalue weighted by Crippen LogP contribution is -2.47. The van der Waals surface area contributed by atoms with Crippen molar-refractivity contribution in [2.24, 2.45) is 5.73 Å². The minimum absolute atomic E-state index is 0.00522. The molecule has 6 aromatic carbocycles. The molecular formula is C100H125ClF2N6O25S2. The summed E-state index contributed by atoms with van der Waals surface area (Å²) in [5.74, 6) is 1.99. The molecule has 0 saturated heterocycles. The molecule has 0 fully saturated rings. The van der Waals surface area contributed by atoms with E-state index in [0.717, 1.165) is 0 Å². The maximum Gasteiger partial charge on any atom is 0.335 e. The summed E-state index contributed by atoms with van der Waals surface area (Å²) in [5, 5.41) is 80.8. The van der Waals surface area contributed by atoms with Gasteiger partial charge in [0.05, 0.1) is 124 Å². The Labute approximate surface area is 801 Å². The molecule has 0 amide bonds. The molecule has 12 N–H and O–H groups in total. The van der Waals surface area contributed by atoms with Crippen LogP contribution in [-0.4, -0.2) is 196 Å². The molecule has 9 aromatic rings. The number of fused-ring (bicyclic) bond motifs is 3. The number of carbonyl (C=O) groups excluding carboxylic acids is 3. The Morgan fingerprint density at radius 2 is 0.713 bits per heavy atom. The third-order valence-corrected chi connectivity index (χ3v) is 25.9. The highest BCUT2D eigenvalue weighted by molar-refractivity contribution is 7.84. The van der Waals surface area contributed by atoms with E-state index < -0.39 is 101 Å². The van der Waals surface area contributed by atoms with Crippen molar-refractivity contribution in [3.05, 3.63) is 212 Å². The van der Waals surface area contributed by atoms with E-state index in [4.69, 9.17) is 84.6 Å². The highest BCUT2D eigenvalue weighted by Crippen LogP contribution is 2.49. The Bertz CT molecular complexity index is 5770. The van der Waals surface area contributed by atoms with E-state index in [-0.39, 0.29) is 124 Å². The van der Waals surface area contributed by atoms with Crippen LogP contribution in [0.15, 0.2) is 140 Å². The molecule has 0 aliphatic carbocycles. The number of hydrogen-bond acceptors (Lipinski definition) is 28. The van der Waals surface area contributed by atoms with Crippen LogP contribution in [0.25, 0.3) is 22.5 Å². The van der Waals surface area contributed by atoms with Gasteiger partial charge >= 0.3 is 5.97 Å². The number of carboxylic acids is 1. The van der Waals surface area contributed by atoms with Crippen molar-refractivity contribution in [2.45, 2.75) is 217 Å². The molecule has 36 heteroatoms. The van der Waals surface area contributed by atoms with Crippen molar-refractivity contribution in [1.82, 2.24) is 24.4 Å². The maximum atomic E-state index is 13.8. The van der Waals surface area contributed by atoms with Crippen molar-refractivity contribution >= 4 is 56.9 Å². The average molecular weight is 1950 g/mol. The second kappa shape index (κ2) is 45.6. The van der Waals surface area contributed by atoms with Crippen LogP contribution in [0.5, 0.6) is 63.2 Å². The number of aromatic nitrogens is 3. The van der Waals surface area contributed by atoms with Crippen LogP contribution in [-0.2, 0) is 55.4 Å². The van der Waals surface area contributed by atoms with Crippen molar-refractivity contribution in [3.63, 3.8) is 0 Å². The molecule has 738 valence electrons. The van der Waals surface area contributed by atoms with Crippen LogP contribution in [0.4, 0.5) is 8.78 Å². The van der Waals surface area contributed by atoms with Gasteiger partial charge in [0.1, 0.15) is 86.1 Å². The summed E-state index contributed by atoms with van der Waals surface area (Å²) in [7, 11) is 3.01. The molecule has 3 aromatic heterocycles. The molecule has 3 aliphatic rings. The summed E-state index contributed by atoms with van der Waals surface area (Å²) in [4.78, 5) is 63.8. The first-order valence-electron chi connectivity index (χ1n) is 43.9. The molecule has 0 radical (unpaired) electrons. The number of aliphatic hydroxyl groups excluding tert-OH is 4. The van der Waals surface area contributed by atoms with Gasteiger partial charge in [-0.15, -0.1) is 0 Å². The molecule has 0 saturated carbocycles. The predicted molar refractivity (Wildman–Crippen MR) is 510 cm³/mol. The zero-order chi connectivity index (χ0) is 101. The van der Waals surface area contributed by atoms with Gasteiger partial charge in [0, 0.05) is 63.8 Å². The number of Topliss-reactive ketones (excluding diaryl/α,β-unsaturated/α-hetero) is 3. The Hall–Kier alpha value is -10.9. The number of pyridine rings is 3. The Morgan fingerprint density at radius 3 is 1.02 bits per heavy atom. The number of nitrogens with one attached hydrogen (secondary N) is 2. The molecule has 6 heterocycles. The Balaban J connectivity index is 0.000000212. The summed E-state index contributed by atoms with van der Waals surface area (Å²) in [5.41, 5.74) is 5.77. The third kappa shape index (κ3) is 28.2. The molecule has 3 aliphatic heterocycles. The van der Waals surface area contributed by atoms with Crippen molar-refractivity contribution < 1.29 is 129 Å². The number of halogens is 3. The largest absolute Gasteiger partial charge is 0.493 e. The zero-order valence-electron chi connectivity index (χ0n) is 80.2. The van der Waals surface area contributed by atoms with Crippen molar-refractivity contribution in [2.75, 3.05) is 74.7 Å². The van der Waals surface area contributed by atoms with Gasteiger partial charge in [-0.25, -0.2) is 46.4 Å². The van der Waals surface area contributed by atoms with E-state index >= 15 is 0 Å². The Kier molecular flexibility index (Phi) is 36.5. The van der Waals surface area contributed by atoms with Gasteiger partial charge in [-0.2, -0.15) is 0 Å². The van der Waals surface area contributed by atoms with Gasteiger partial charge in [0.25, 0.3) is 0 Å². The number of ketones is 3. The van der Waals surface area contributed by atoms with Crippen molar-refractivity contribution in [1.29, 1.82) is 0 Å². The number of rotatable bonds is 38. The fraction of sp³-hybridized carbons (Fsp3) is 0.450. The highest BCUT2D eigenvalue weighted by Gasteiger charge is 2.46. The fourth-order valence-electron chi connectivity index (χ4n) is 14.0. The molecule has 136 heavy (non-hydrogen) atoms. The number of benzene rings is 6. The first kappa shape index (κ1) is 109. The lowest BCUT2D eigenvalue weighted by molar-refractivity contribution is 0.0395. The van der Waals surface area contributed by atoms with Gasteiger partial charge in [-0.1, -0.05) is 11.6 Å². The van der Waals surface area contributed by atoms with E-state index in [1.807, 2.05) is 62.3 Å². The number of nitrogens with zero attached hydrogens (tertiary/aromatic N) is 3. The van der Waals surface area contributed by atoms with Crippen LogP contribution in [0, 0.1) is 11.6 Å². The number of methoxy groups -OCH3 is 4. The van der Waals surface area contributed by atoms with E-state index in [1.54, 1.807) is 146 Å². The van der Waals surface area contributed by atoms with Crippen LogP contribution in [0.1, 0.15) is 225 Å². The van der Waals surface area contributed by atoms with Crippen LogP contribution >= 0.6 is 11.6 Å². The van der Waals surface area contributed by atoms with Crippen molar-refractivity contribution in [3.8, 4) is 85.8 Å². The standard InChI is InChI=1S/C33H41FN2O7S.C29H33FN2O6.C27H37ClN2O7S.C11H14O5/c1-20(37)18-42-26-13-10-22(16-27(26)41-7)25(38)14-15-33(6,39)28-17-24-30(29(35-28)21-8-11-23(34)12-9-21)43-19-32(24,5)36-44(40)31(2,3)4;1-17(33)15-37-23-10-7-19(13-24(23)36-4)22(34)11-12-29(3,35)25-14-21-27(38-16-28(21,2)31)26(32-25)18-5-8-20(30)9-6-18;1-16(31)14-36-20-9-8-17(12-21(20)35-7)19(32)10-11-27(6,33)22-13-18-23(24(28)29-22)37-15-26(18,5)30-38(34)25(2,3)4;1-7(12)6-16-9-4-3-8(11(13)14)5-10(9)15-2/h8-13,16-17,20,36-37,39H,14-15,18-19H2,1-7H3;5-10,13-14,17,33,35H,11-12,15-16,31H2,1-4H3;8-9,12-13,16,30-31,33H,10-11,14-15H2,1-7H3;3-5,7,12H,6H2,1-2H3,(H,13,14)/t20-,32?,33?,44?;17-,28?,29?;16-,26?,27?,38?;7-/m1111/s1. The zero-order valence-corrected chi connectivity index (χ0v) is 82.6. The molecule has 0 spiro atoms. The number of hydrogen-bond donors (Lipinski definition) is 11. The monoisotopic (exact) mass is 1950 g/mol. The number of ether oxygens (including phenoxy) is 11. The van der Waals surface area contributed by atoms with Crippen LogP contribution in [0.2, 0.25) is 5.15 Å². The normalized spacial score (nSPS) is 18.4. The van der Waals surface area contributed by atoms with E-state index in [1.165, 1.54) is 70.9 Å². The number of carbonyl (C=O) groups is 4. The number of aliphatic hydroxyl groups is 7. The minimum Gasteiger partial charge on any atom is -0.493 e. The lowest BCUT2D eigenvalue weighted by atomic mass is 9.88. The molecule has 12 atom stereocenters. The summed E-state index contributed by atoms with van der Waals surface area (Å²) < 4.78 is 119. The summed E-state index contributed by atoms with van der Waals surface area (Å²) in [6, 6.07) is 35.5. The van der Waals surface area contributed by atoms with Gasteiger partial charge in [0.2, 0.25) is 0 Å². The maximum absolute atomic E-state index is 13.8. The SMILES string of the molecule is COc1cc(C(=O)CCC(C)(O)c2cc3c(c(-c4ccc(F)cc4)n2)OCC3(C)N)ccc1OC[C@@H](C)O.COc1cc(C(=O)CCC(C)(O)c2cc3c(c(-c4ccc(F)cc4)n2)OCC3(C)NS(=O)C(C)(C)C)ccc1OC[C@@H](C)O.COc1cc(C(=O)CCC(C)(O)c2cc3c(c(Cl)n2)OCC3(C)NS(=O)C(C)(C)C)ccc1OC[C@@H](C)O.COc1cc(C(=O)O)ccc1OC[C@@H](C)O. The van der Waals surface area contributed by atoms with Gasteiger partial charge in [-0.05, 0) is 270 Å². The number of nitrogens with two attached hydrogens (primary N) is 1. The van der Waals surface area contributed by atoms with E-state index in [9.17, 15) is 67.0 Å². The predicted octanol–water partition coefficient (Wildman–Crippen LogP) is 14.5. The van der Waals surface area contributed by atoms with Gasteiger partial charge in [-0.3, -0.25) is 14.4 Å². The lowest BCUT2D eigenvalue weighted by Gasteiger charge is -2.30. The topological polar surface area (TPSA) is 455 Å². The average Bonchev–Trinajstić information content (AvgIpc) is 1.60. The van der Waals surface area contributed by atoms with E-state index in [0.29, 0.717) is 131 Å². The Morgan fingerprint density at radius 1 is 0.434 bits per heavy atom. The fourth-order valence-corrected chi connectivity index (χ4v) is 16.0. The molecule has 0 bridgehead atoms. The summed E-state index contributed by atoms with van der Waals surface area (Å²) >= 11 is 6.43. The summed E-state index contributed by atoms with van der Waals surface area (Å²) in [6.07, 6.45) is -2.29. The summed E-state index contributed by atoms with van der Waals surface area (Å²) in [6.45, 7) is 28.9. The molecule has 31 nitrogen and oxygen atoms in total. The van der Waals surface area contributed by atoms with Crippen LogP contribution < -0.4 is 67.3 Å². The van der Waals surface area contributed by atoms with Gasteiger partial charge < -0.3 is 98.7 Å². The molecule has 12 rings (SSSR count). The molecular weight excluding hydrogens is 1820 g/mol. The third-order valence-electron chi connectivity index (χ3n) is 22.2. The highest BCUT2D eigenvalue weighted by atomic mass is 35.5. The minimum atomic E-state index is -1.55. The second-order valence-electron chi connectivity index (χ2n) is 37.1. The first-order chi connectivity index (χ1) is 63.6. The number of aromatic carboxylic acids is 1. The van der Waals surface area contributed by atoms with E-state index in [2.05, 4.69) is 19.4 Å². The number of carboxylic acid groups (broad SMARTS) is 1. The van der Waals surface area contributed by atoms with Gasteiger partial charge in [0.15, 0.2) is 85.7 Å². The smallest absolute Gasteiger partial charge is 0.335 e. The first-order valence-corrected chi connectivity index (χ1v) is 46.6. The second-order valence-corrected chi connectivity index (χ2v) is 41.4.